The molecule has 0 aliphatic rings. The molecule has 0 rings (SSSR count). The second-order valence-corrected chi connectivity index (χ2v) is 5.24. The van der Waals surface area contributed by atoms with Gasteiger partial charge in [0.1, 0.15) is 0 Å². The largest absolute Gasteiger partial charge is 0.395 e. The molecule has 3 nitrogen and oxygen atoms in total. The van der Waals surface area contributed by atoms with Crippen LogP contribution in [0.3, 0.4) is 0 Å². The quantitative estimate of drug-likeness (QED) is 0.678. The number of rotatable bonds is 7. The van der Waals surface area contributed by atoms with Gasteiger partial charge in [-0.3, -0.25) is 0 Å². The van der Waals surface area contributed by atoms with Gasteiger partial charge in [-0.15, -0.1) is 0 Å². The third-order valence-corrected chi connectivity index (χ3v) is 2.76. The highest BCUT2D eigenvalue weighted by Gasteiger charge is 2.20. The van der Waals surface area contributed by atoms with Crippen molar-refractivity contribution in [2.24, 2.45) is 11.3 Å². The molecule has 0 fully saturated rings. The normalized spacial score (nSPS) is 13.9. The van der Waals surface area contributed by atoms with Gasteiger partial charge in [-0.25, -0.2) is 0 Å². The van der Waals surface area contributed by atoms with Crippen molar-refractivity contribution in [2.45, 2.75) is 46.6 Å². The van der Waals surface area contributed by atoms with Crippen molar-refractivity contribution in [2.75, 3.05) is 13.2 Å². The molecule has 0 aromatic rings. The highest BCUT2D eigenvalue weighted by atomic mass is 16.3. The summed E-state index contributed by atoms with van der Waals surface area (Å²) in [5.74, 6) is 0.432. The maximum Gasteiger partial charge on any atom is 0.0621 e. The van der Waals surface area contributed by atoms with Crippen molar-refractivity contribution in [3.63, 3.8) is 0 Å². The van der Waals surface area contributed by atoms with Crippen molar-refractivity contribution in [3.8, 4) is 6.07 Å². The molecule has 3 heteroatoms. The zero-order valence-electron chi connectivity index (χ0n) is 10.4. The van der Waals surface area contributed by atoms with Gasteiger partial charge in [0, 0.05) is 19.0 Å². The van der Waals surface area contributed by atoms with Crippen LogP contribution in [0.4, 0.5) is 0 Å². The monoisotopic (exact) mass is 212 g/mol. The molecule has 1 unspecified atom stereocenters. The van der Waals surface area contributed by atoms with Gasteiger partial charge < -0.3 is 10.4 Å². The molecular formula is C12H24N2O. The predicted octanol–water partition coefficient (Wildman–Crippen LogP) is 1.92. The van der Waals surface area contributed by atoms with Crippen LogP contribution in [0, 0.1) is 22.7 Å². The van der Waals surface area contributed by atoms with E-state index in [4.69, 9.17) is 10.4 Å². The van der Waals surface area contributed by atoms with E-state index in [1.807, 2.05) is 0 Å². The summed E-state index contributed by atoms with van der Waals surface area (Å²) in [7, 11) is 0. The Labute approximate surface area is 93.5 Å². The molecule has 0 spiro atoms. The van der Waals surface area contributed by atoms with Gasteiger partial charge in [-0.05, 0) is 17.8 Å². The fraction of sp³-hybridized carbons (Fsp3) is 0.917. The fourth-order valence-electron chi connectivity index (χ4n) is 1.40. The van der Waals surface area contributed by atoms with E-state index in [1.165, 1.54) is 0 Å². The zero-order valence-corrected chi connectivity index (χ0v) is 10.4. The Bertz CT molecular complexity index is 206. The standard InChI is InChI=1S/C12H24N2O/c1-10(2)11(8-15)14-9-12(3,4)6-5-7-13/h10-11,14-15H,5-6,8-9H2,1-4H3. The number of nitriles is 1. The number of hydrogen-bond donors (Lipinski definition) is 2. The lowest BCUT2D eigenvalue weighted by Crippen LogP contribution is -2.42. The van der Waals surface area contributed by atoms with Crippen molar-refractivity contribution >= 4 is 0 Å². The number of nitrogens with one attached hydrogen (secondary N) is 1. The van der Waals surface area contributed by atoms with E-state index < -0.39 is 0 Å². The second kappa shape index (κ2) is 6.81. The van der Waals surface area contributed by atoms with Gasteiger partial charge in [-0.1, -0.05) is 27.7 Å². The van der Waals surface area contributed by atoms with Crippen LogP contribution >= 0.6 is 0 Å². The van der Waals surface area contributed by atoms with Gasteiger partial charge in [0.2, 0.25) is 0 Å². The number of nitrogens with zero attached hydrogens (tertiary/aromatic N) is 1. The van der Waals surface area contributed by atoms with Crippen LogP contribution in [0.25, 0.3) is 0 Å². The molecule has 0 saturated carbocycles. The van der Waals surface area contributed by atoms with Gasteiger partial charge in [-0.2, -0.15) is 5.26 Å². The molecule has 0 aliphatic carbocycles. The summed E-state index contributed by atoms with van der Waals surface area (Å²) in [5.41, 5.74) is 0.123. The van der Waals surface area contributed by atoms with Crippen molar-refractivity contribution in [1.29, 1.82) is 5.26 Å². The first kappa shape index (κ1) is 14.4. The summed E-state index contributed by atoms with van der Waals surface area (Å²) in [4.78, 5) is 0. The summed E-state index contributed by atoms with van der Waals surface area (Å²) in [6.45, 7) is 9.49. The van der Waals surface area contributed by atoms with E-state index in [9.17, 15) is 0 Å². The predicted molar refractivity (Wildman–Crippen MR) is 62.3 cm³/mol. The molecule has 0 heterocycles. The van der Waals surface area contributed by atoms with Crippen molar-refractivity contribution in [3.05, 3.63) is 0 Å². The molecule has 0 radical (unpaired) electrons. The Morgan fingerprint density at radius 2 is 2.00 bits per heavy atom. The highest BCUT2D eigenvalue weighted by Crippen LogP contribution is 2.21. The van der Waals surface area contributed by atoms with Crippen LogP contribution in [-0.4, -0.2) is 24.3 Å². The number of hydrogen-bond acceptors (Lipinski definition) is 3. The van der Waals surface area contributed by atoms with Crippen LogP contribution < -0.4 is 5.32 Å². The minimum Gasteiger partial charge on any atom is -0.395 e. The summed E-state index contributed by atoms with van der Waals surface area (Å²) in [5, 5.41) is 21.0. The molecule has 1 atom stereocenters. The lowest BCUT2D eigenvalue weighted by Gasteiger charge is -2.28. The average Bonchev–Trinajstić information content (AvgIpc) is 2.15. The average molecular weight is 212 g/mol. The molecule has 0 amide bonds. The van der Waals surface area contributed by atoms with E-state index >= 15 is 0 Å². The summed E-state index contributed by atoms with van der Waals surface area (Å²) in [6, 6.07) is 2.33. The van der Waals surface area contributed by atoms with Gasteiger partial charge >= 0.3 is 0 Å². The van der Waals surface area contributed by atoms with Crippen LogP contribution in [-0.2, 0) is 0 Å². The maximum atomic E-state index is 9.15. The van der Waals surface area contributed by atoms with E-state index in [-0.39, 0.29) is 18.1 Å². The smallest absolute Gasteiger partial charge is 0.0621 e. The van der Waals surface area contributed by atoms with E-state index in [0.29, 0.717) is 12.3 Å². The molecule has 0 saturated heterocycles. The first-order valence-electron chi connectivity index (χ1n) is 5.64. The van der Waals surface area contributed by atoms with Gasteiger partial charge in [0.15, 0.2) is 0 Å². The minimum atomic E-state index is 0.123. The van der Waals surface area contributed by atoms with Crippen molar-refractivity contribution in [1.82, 2.24) is 5.32 Å². The number of aliphatic hydroxyl groups is 1. The lowest BCUT2D eigenvalue weighted by molar-refractivity contribution is 0.191. The first-order chi connectivity index (χ1) is 6.93. The zero-order chi connectivity index (χ0) is 11.9. The first-order valence-corrected chi connectivity index (χ1v) is 5.64. The molecule has 0 aromatic carbocycles. The summed E-state index contributed by atoms with van der Waals surface area (Å²) >= 11 is 0. The Hall–Kier alpha value is -0.590. The van der Waals surface area contributed by atoms with Crippen LogP contribution in [0.15, 0.2) is 0 Å². The van der Waals surface area contributed by atoms with E-state index in [0.717, 1.165) is 13.0 Å². The molecule has 0 aromatic heterocycles. The van der Waals surface area contributed by atoms with Gasteiger partial charge in [0.25, 0.3) is 0 Å². The third kappa shape index (κ3) is 6.48. The van der Waals surface area contributed by atoms with E-state index in [2.05, 4.69) is 39.1 Å². The molecular weight excluding hydrogens is 188 g/mol. The number of aliphatic hydroxyl groups excluding tert-OH is 1. The summed E-state index contributed by atoms with van der Waals surface area (Å²) < 4.78 is 0. The van der Waals surface area contributed by atoms with Crippen LogP contribution in [0.1, 0.15) is 40.5 Å². The molecule has 88 valence electrons. The fourth-order valence-corrected chi connectivity index (χ4v) is 1.40. The van der Waals surface area contributed by atoms with Gasteiger partial charge in [0.05, 0.1) is 12.7 Å². The van der Waals surface area contributed by atoms with Crippen LogP contribution in [0.2, 0.25) is 0 Å². The third-order valence-electron chi connectivity index (χ3n) is 2.76. The molecule has 0 bridgehead atoms. The van der Waals surface area contributed by atoms with E-state index in [1.54, 1.807) is 0 Å². The molecule has 2 N–H and O–H groups in total. The maximum absolute atomic E-state index is 9.15. The minimum absolute atomic E-state index is 0.123. The topological polar surface area (TPSA) is 56.0 Å². The lowest BCUT2D eigenvalue weighted by atomic mass is 9.87. The second-order valence-electron chi connectivity index (χ2n) is 5.24. The Kier molecular flexibility index (Phi) is 6.55. The SMILES string of the molecule is CC(C)C(CO)NCC(C)(C)CCC#N. The Morgan fingerprint density at radius 1 is 1.40 bits per heavy atom. The molecule has 0 aliphatic heterocycles. The van der Waals surface area contributed by atoms with Crippen molar-refractivity contribution < 1.29 is 5.11 Å². The van der Waals surface area contributed by atoms with Crippen LogP contribution in [0.5, 0.6) is 0 Å². The Balaban J connectivity index is 3.95. The molecule has 15 heavy (non-hydrogen) atoms. The Morgan fingerprint density at radius 3 is 2.40 bits per heavy atom. The highest BCUT2D eigenvalue weighted by molar-refractivity contribution is 4.81. The summed E-state index contributed by atoms with van der Waals surface area (Å²) in [6.07, 6.45) is 1.49.